The Balaban J connectivity index is 2.28. The third-order valence-corrected chi connectivity index (χ3v) is 3.56. The van der Waals surface area contributed by atoms with Crippen LogP contribution in [0.2, 0.25) is 0 Å². The van der Waals surface area contributed by atoms with Crippen LogP contribution in [0.5, 0.6) is 0 Å². The molecule has 0 aliphatic carbocycles. The van der Waals surface area contributed by atoms with Crippen LogP contribution in [0.4, 0.5) is 4.39 Å². The Morgan fingerprint density at radius 2 is 1.90 bits per heavy atom. The summed E-state index contributed by atoms with van der Waals surface area (Å²) < 4.78 is 14.2. The summed E-state index contributed by atoms with van der Waals surface area (Å²) in [5.74, 6) is -1.11. The molecular weight excluding hydrogens is 335 g/mol. The number of nitrogens with zero attached hydrogens (tertiary/aromatic N) is 2. The average molecular weight is 347 g/mol. The van der Waals surface area contributed by atoms with Gasteiger partial charge in [-0.25, -0.2) is 4.39 Å². The van der Waals surface area contributed by atoms with E-state index in [9.17, 15) is 9.18 Å². The maximum atomic E-state index is 14.0. The van der Waals surface area contributed by atoms with Crippen LogP contribution in [-0.2, 0) is 6.54 Å². The van der Waals surface area contributed by atoms with E-state index in [-0.39, 0.29) is 23.1 Å². The molecule has 2 rings (SSSR count). The van der Waals surface area contributed by atoms with Gasteiger partial charge in [-0.2, -0.15) is 5.26 Å². The summed E-state index contributed by atoms with van der Waals surface area (Å²) in [5, 5.41) is 8.89. The normalized spacial score (nSPS) is 9.95. The van der Waals surface area contributed by atoms with Crippen molar-refractivity contribution in [3.63, 3.8) is 0 Å². The standard InChI is InChI=1S/C16H12BrFN2O/c17-14-8-4-7-13(15(14)18)16(21)20(10-9-19)11-12-5-2-1-3-6-12/h1-8H,10-11H2. The Morgan fingerprint density at radius 3 is 2.57 bits per heavy atom. The Kier molecular flexibility index (Phi) is 5.07. The smallest absolute Gasteiger partial charge is 0.258 e. The lowest BCUT2D eigenvalue weighted by molar-refractivity contribution is 0.0760. The predicted molar refractivity (Wildman–Crippen MR) is 80.9 cm³/mol. The van der Waals surface area contributed by atoms with E-state index in [4.69, 9.17) is 5.26 Å². The van der Waals surface area contributed by atoms with E-state index in [0.29, 0.717) is 0 Å². The number of hydrogen-bond acceptors (Lipinski definition) is 2. The summed E-state index contributed by atoms with van der Waals surface area (Å²) in [4.78, 5) is 13.7. The lowest BCUT2D eigenvalue weighted by Crippen LogP contribution is -2.31. The van der Waals surface area contributed by atoms with Crippen molar-refractivity contribution in [2.24, 2.45) is 0 Å². The zero-order valence-electron chi connectivity index (χ0n) is 11.1. The second-order valence-corrected chi connectivity index (χ2v) is 5.26. The first-order chi connectivity index (χ1) is 10.1. The van der Waals surface area contributed by atoms with Gasteiger partial charge in [-0.15, -0.1) is 0 Å². The van der Waals surface area contributed by atoms with Crippen molar-refractivity contribution in [1.82, 2.24) is 4.90 Å². The van der Waals surface area contributed by atoms with Crippen LogP contribution in [-0.4, -0.2) is 17.4 Å². The molecule has 0 saturated heterocycles. The molecular formula is C16H12BrFN2O. The van der Waals surface area contributed by atoms with Gasteiger partial charge in [0.25, 0.3) is 5.91 Å². The van der Waals surface area contributed by atoms with Gasteiger partial charge in [-0.3, -0.25) is 4.79 Å². The Bertz CT molecular complexity index is 682. The van der Waals surface area contributed by atoms with E-state index in [1.807, 2.05) is 36.4 Å². The molecule has 1 amide bonds. The summed E-state index contributed by atoms with van der Waals surface area (Å²) in [5.41, 5.74) is 0.840. The van der Waals surface area contributed by atoms with E-state index in [1.54, 1.807) is 6.07 Å². The van der Waals surface area contributed by atoms with E-state index in [2.05, 4.69) is 15.9 Å². The number of nitriles is 1. The third kappa shape index (κ3) is 3.67. The average Bonchev–Trinajstić information content (AvgIpc) is 2.50. The largest absolute Gasteiger partial charge is 0.321 e. The molecule has 0 radical (unpaired) electrons. The quantitative estimate of drug-likeness (QED) is 0.791. The van der Waals surface area contributed by atoms with E-state index in [1.165, 1.54) is 17.0 Å². The first-order valence-electron chi connectivity index (χ1n) is 6.27. The molecule has 0 atom stereocenters. The molecule has 2 aromatic rings. The van der Waals surface area contributed by atoms with Gasteiger partial charge < -0.3 is 4.90 Å². The summed E-state index contributed by atoms with van der Waals surface area (Å²) in [6, 6.07) is 15.8. The summed E-state index contributed by atoms with van der Waals surface area (Å²) in [6.45, 7) is 0.166. The molecule has 0 spiro atoms. The topological polar surface area (TPSA) is 44.1 Å². The molecule has 0 unspecified atom stereocenters. The Morgan fingerprint density at radius 1 is 1.19 bits per heavy atom. The van der Waals surface area contributed by atoms with Crippen LogP contribution >= 0.6 is 15.9 Å². The van der Waals surface area contributed by atoms with E-state index >= 15 is 0 Å². The van der Waals surface area contributed by atoms with Gasteiger partial charge in [-0.05, 0) is 33.6 Å². The molecule has 106 valence electrons. The lowest BCUT2D eigenvalue weighted by Gasteiger charge is -2.20. The first kappa shape index (κ1) is 15.2. The van der Waals surface area contributed by atoms with E-state index in [0.717, 1.165) is 5.56 Å². The van der Waals surface area contributed by atoms with Gasteiger partial charge in [0.1, 0.15) is 12.4 Å². The minimum Gasteiger partial charge on any atom is -0.321 e. The number of benzene rings is 2. The second-order valence-electron chi connectivity index (χ2n) is 4.41. The maximum Gasteiger partial charge on any atom is 0.258 e. The number of amides is 1. The fourth-order valence-electron chi connectivity index (χ4n) is 1.93. The van der Waals surface area contributed by atoms with Gasteiger partial charge in [0, 0.05) is 6.54 Å². The molecule has 0 fully saturated rings. The zero-order valence-corrected chi connectivity index (χ0v) is 12.7. The van der Waals surface area contributed by atoms with Crippen molar-refractivity contribution < 1.29 is 9.18 Å². The van der Waals surface area contributed by atoms with E-state index < -0.39 is 11.7 Å². The monoisotopic (exact) mass is 346 g/mol. The highest BCUT2D eigenvalue weighted by Gasteiger charge is 2.20. The van der Waals surface area contributed by atoms with Crippen molar-refractivity contribution in [3.05, 3.63) is 69.9 Å². The first-order valence-corrected chi connectivity index (χ1v) is 7.07. The van der Waals surface area contributed by atoms with Crippen LogP contribution in [0.3, 0.4) is 0 Å². The molecule has 0 saturated carbocycles. The van der Waals surface area contributed by atoms with Crippen LogP contribution in [0, 0.1) is 17.1 Å². The fourth-order valence-corrected chi connectivity index (χ4v) is 2.29. The molecule has 0 N–H and O–H groups in total. The van der Waals surface area contributed by atoms with Crippen LogP contribution in [0.1, 0.15) is 15.9 Å². The van der Waals surface area contributed by atoms with Gasteiger partial charge >= 0.3 is 0 Å². The predicted octanol–water partition coefficient (Wildman–Crippen LogP) is 3.75. The van der Waals surface area contributed by atoms with Crippen molar-refractivity contribution in [3.8, 4) is 6.07 Å². The second kappa shape index (κ2) is 7.00. The Labute approximate surface area is 130 Å². The van der Waals surface area contributed by atoms with Crippen molar-refractivity contribution >= 4 is 21.8 Å². The number of rotatable bonds is 4. The molecule has 0 aromatic heterocycles. The highest BCUT2D eigenvalue weighted by atomic mass is 79.9. The summed E-state index contributed by atoms with van der Waals surface area (Å²) in [7, 11) is 0. The van der Waals surface area contributed by atoms with Gasteiger partial charge in [0.15, 0.2) is 0 Å². The van der Waals surface area contributed by atoms with Gasteiger partial charge in [0.2, 0.25) is 0 Å². The van der Waals surface area contributed by atoms with Crippen LogP contribution < -0.4 is 0 Å². The highest BCUT2D eigenvalue weighted by Crippen LogP contribution is 2.20. The number of carbonyl (C=O) groups is 1. The lowest BCUT2D eigenvalue weighted by atomic mass is 10.1. The Hall–Kier alpha value is -2.19. The molecule has 3 nitrogen and oxygen atoms in total. The zero-order chi connectivity index (χ0) is 15.2. The number of carbonyl (C=O) groups excluding carboxylic acids is 1. The number of halogens is 2. The van der Waals surface area contributed by atoms with Crippen molar-refractivity contribution in [1.29, 1.82) is 5.26 Å². The fraction of sp³-hybridized carbons (Fsp3) is 0.125. The summed E-state index contributed by atoms with van der Waals surface area (Å²) >= 11 is 3.06. The minimum atomic E-state index is -0.612. The van der Waals surface area contributed by atoms with Crippen molar-refractivity contribution in [2.75, 3.05) is 6.54 Å². The molecule has 0 aliphatic rings. The van der Waals surface area contributed by atoms with Gasteiger partial charge in [-0.1, -0.05) is 36.4 Å². The third-order valence-electron chi connectivity index (χ3n) is 2.95. The molecule has 0 bridgehead atoms. The maximum absolute atomic E-state index is 14.0. The molecule has 5 heteroatoms. The molecule has 0 aliphatic heterocycles. The molecule has 0 heterocycles. The summed E-state index contributed by atoms with van der Waals surface area (Å²) in [6.07, 6.45) is 0. The molecule has 21 heavy (non-hydrogen) atoms. The van der Waals surface area contributed by atoms with Crippen molar-refractivity contribution in [2.45, 2.75) is 6.54 Å². The molecule has 2 aromatic carbocycles. The van der Waals surface area contributed by atoms with Gasteiger partial charge in [0.05, 0.1) is 16.1 Å². The highest BCUT2D eigenvalue weighted by molar-refractivity contribution is 9.10. The number of hydrogen-bond donors (Lipinski definition) is 0. The SMILES string of the molecule is N#CCN(Cc1ccccc1)C(=O)c1cccc(Br)c1F. The minimum absolute atomic E-state index is 0.0458. The van der Waals surface area contributed by atoms with Crippen LogP contribution in [0.25, 0.3) is 0 Å². The van der Waals surface area contributed by atoms with Crippen LogP contribution in [0.15, 0.2) is 53.0 Å².